The van der Waals surface area contributed by atoms with E-state index in [0.29, 0.717) is 0 Å². The number of hydrogen-bond acceptors (Lipinski definition) is 2. The van der Waals surface area contributed by atoms with E-state index in [0.717, 1.165) is 18.7 Å². The molecule has 0 aliphatic heterocycles. The topological polar surface area (TPSA) is 16.1 Å². The van der Waals surface area contributed by atoms with Crippen molar-refractivity contribution < 1.29 is 0 Å². The van der Waals surface area contributed by atoms with E-state index in [4.69, 9.17) is 0 Å². The molecule has 0 spiro atoms. The van der Waals surface area contributed by atoms with Crippen LogP contribution in [0.15, 0.2) is 18.3 Å². The zero-order valence-electron chi connectivity index (χ0n) is 7.04. The number of aromatic nitrogens is 1. The fourth-order valence-electron chi connectivity index (χ4n) is 0.986. The van der Waals surface area contributed by atoms with E-state index in [1.165, 1.54) is 0 Å². The molecule has 0 N–H and O–H groups in total. The van der Waals surface area contributed by atoms with Crippen LogP contribution in [0.2, 0.25) is 0 Å². The van der Waals surface area contributed by atoms with Gasteiger partial charge in [-0.2, -0.15) is 0 Å². The van der Waals surface area contributed by atoms with Gasteiger partial charge in [-0.15, -0.1) is 0 Å². The van der Waals surface area contributed by atoms with Crippen LogP contribution in [0.3, 0.4) is 0 Å². The fraction of sp³-hybridized carbons (Fsp3) is 0.444. The second kappa shape index (κ2) is 3.96. The molecule has 0 saturated heterocycles. The van der Waals surface area contributed by atoms with Crippen molar-refractivity contribution >= 4 is 5.69 Å². The van der Waals surface area contributed by atoms with E-state index in [9.17, 15) is 0 Å². The van der Waals surface area contributed by atoms with Crippen LogP contribution in [0, 0.1) is 6.20 Å². The fourth-order valence-corrected chi connectivity index (χ4v) is 0.986. The molecule has 1 aromatic heterocycles. The van der Waals surface area contributed by atoms with Gasteiger partial charge in [0.1, 0.15) is 6.20 Å². The molecule has 1 radical (unpaired) electrons. The van der Waals surface area contributed by atoms with Crippen LogP contribution in [0.25, 0.3) is 0 Å². The average Bonchev–Trinajstić information content (AvgIpc) is 2.07. The highest BCUT2D eigenvalue weighted by molar-refractivity contribution is 5.41. The van der Waals surface area contributed by atoms with Gasteiger partial charge in [0.15, 0.2) is 0 Å². The van der Waals surface area contributed by atoms with Crippen molar-refractivity contribution in [2.45, 2.75) is 13.3 Å². The molecule has 59 valence electrons. The lowest BCUT2D eigenvalue weighted by atomic mass is 10.3. The minimum atomic E-state index is 1.06. The Kier molecular flexibility index (Phi) is 2.90. The summed E-state index contributed by atoms with van der Waals surface area (Å²) in [6.07, 6.45) is 5.82. The molecule has 0 bridgehead atoms. The van der Waals surface area contributed by atoms with E-state index >= 15 is 0 Å². The monoisotopic (exact) mass is 149 g/mol. The first-order chi connectivity index (χ1) is 5.34. The second-order valence-corrected chi connectivity index (χ2v) is 2.56. The standard InChI is InChI=1S/C9H13N2/c1-3-7-11(2)9-5-4-6-10-8-9/h4-6H,3,7H2,1-2H3. The quantitative estimate of drug-likeness (QED) is 0.650. The van der Waals surface area contributed by atoms with E-state index in [-0.39, 0.29) is 0 Å². The summed E-state index contributed by atoms with van der Waals surface area (Å²) in [4.78, 5) is 6.07. The predicted molar refractivity (Wildman–Crippen MR) is 46.6 cm³/mol. The van der Waals surface area contributed by atoms with Crippen LogP contribution in [0.1, 0.15) is 13.3 Å². The Labute approximate surface area is 67.9 Å². The molecule has 0 aliphatic rings. The maximum absolute atomic E-state index is 3.92. The summed E-state index contributed by atoms with van der Waals surface area (Å²) < 4.78 is 0. The zero-order valence-corrected chi connectivity index (χ0v) is 7.04. The van der Waals surface area contributed by atoms with Gasteiger partial charge in [-0.25, -0.2) is 0 Å². The van der Waals surface area contributed by atoms with Crippen molar-refractivity contribution in [3.8, 4) is 0 Å². The zero-order chi connectivity index (χ0) is 8.10. The van der Waals surface area contributed by atoms with Gasteiger partial charge < -0.3 is 4.90 Å². The van der Waals surface area contributed by atoms with Gasteiger partial charge in [-0.1, -0.05) is 6.92 Å². The van der Waals surface area contributed by atoms with Crippen LogP contribution in [0.5, 0.6) is 0 Å². The van der Waals surface area contributed by atoms with Crippen molar-refractivity contribution in [1.29, 1.82) is 0 Å². The lowest BCUT2D eigenvalue weighted by molar-refractivity contribution is 0.849. The van der Waals surface area contributed by atoms with Gasteiger partial charge in [0, 0.05) is 19.8 Å². The molecule has 1 heterocycles. The Morgan fingerprint density at radius 1 is 1.64 bits per heavy atom. The first-order valence-corrected chi connectivity index (χ1v) is 3.88. The largest absolute Gasteiger partial charge is 0.373 e. The van der Waals surface area contributed by atoms with Crippen molar-refractivity contribution in [3.63, 3.8) is 0 Å². The van der Waals surface area contributed by atoms with Crippen LogP contribution < -0.4 is 4.90 Å². The van der Waals surface area contributed by atoms with Gasteiger partial charge in [-0.05, 0) is 18.6 Å². The molecule has 0 atom stereocenters. The smallest absolute Gasteiger partial charge is 0.114 e. The highest BCUT2D eigenvalue weighted by Crippen LogP contribution is 2.07. The minimum absolute atomic E-state index is 1.06. The molecule has 0 aromatic carbocycles. The summed E-state index contributed by atoms with van der Waals surface area (Å²) in [5, 5.41) is 0. The van der Waals surface area contributed by atoms with Crippen molar-refractivity contribution in [1.82, 2.24) is 4.98 Å². The first kappa shape index (κ1) is 8.05. The second-order valence-electron chi connectivity index (χ2n) is 2.56. The molecule has 2 heteroatoms. The molecule has 0 unspecified atom stereocenters. The molecular weight excluding hydrogens is 136 g/mol. The van der Waals surface area contributed by atoms with Gasteiger partial charge in [-0.3, -0.25) is 4.98 Å². The van der Waals surface area contributed by atoms with Crippen LogP contribution in [-0.4, -0.2) is 18.6 Å². The molecule has 11 heavy (non-hydrogen) atoms. The highest BCUT2D eigenvalue weighted by Gasteiger charge is 1.96. The summed E-state index contributed by atoms with van der Waals surface area (Å²) in [5.41, 5.74) is 1.06. The number of rotatable bonds is 3. The molecule has 1 aromatic rings. The van der Waals surface area contributed by atoms with E-state index in [2.05, 4.69) is 30.1 Å². The van der Waals surface area contributed by atoms with Crippen LogP contribution in [0.4, 0.5) is 5.69 Å². The number of hydrogen-bond donors (Lipinski definition) is 0. The molecule has 1 rings (SSSR count). The van der Waals surface area contributed by atoms with Crippen LogP contribution in [-0.2, 0) is 0 Å². The van der Waals surface area contributed by atoms with E-state index < -0.39 is 0 Å². The number of pyridine rings is 1. The predicted octanol–water partition coefficient (Wildman–Crippen LogP) is 1.73. The van der Waals surface area contributed by atoms with Gasteiger partial charge >= 0.3 is 0 Å². The van der Waals surface area contributed by atoms with E-state index in [1.807, 2.05) is 12.1 Å². The molecule has 0 saturated carbocycles. The molecule has 0 amide bonds. The lowest BCUT2D eigenvalue weighted by Crippen LogP contribution is -2.17. The maximum atomic E-state index is 3.92. The van der Waals surface area contributed by atoms with Crippen LogP contribution >= 0.6 is 0 Å². The summed E-state index contributed by atoms with van der Waals surface area (Å²) in [6, 6.07) is 3.95. The van der Waals surface area contributed by atoms with E-state index in [1.54, 1.807) is 6.20 Å². The lowest BCUT2D eigenvalue weighted by Gasteiger charge is -2.16. The Bertz CT molecular complexity index is 196. The molecule has 0 fully saturated rings. The maximum Gasteiger partial charge on any atom is 0.114 e. The number of nitrogens with zero attached hydrogens (tertiary/aromatic N) is 2. The molecule has 2 nitrogen and oxygen atoms in total. The highest BCUT2D eigenvalue weighted by atomic mass is 15.1. The summed E-state index contributed by atoms with van der Waals surface area (Å²) in [7, 11) is 2.05. The van der Waals surface area contributed by atoms with Crippen molar-refractivity contribution in [2.75, 3.05) is 18.5 Å². The normalized spacial score (nSPS) is 9.64. The summed E-state index contributed by atoms with van der Waals surface area (Å²) >= 11 is 0. The third-order valence-corrected chi connectivity index (χ3v) is 1.56. The first-order valence-electron chi connectivity index (χ1n) is 3.88. The van der Waals surface area contributed by atoms with Gasteiger partial charge in [0.05, 0.1) is 5.69 Å². The van der Waals surface area contributed by atoms with Crippen molar-refractivity contribution in [3.05, 3.63) is 24.5 Å². The molecular formula is C9H13N2. The van der Waals surface area contributed by atoms with Gasteiger partial charge in [0.25, 0.3) is 0 Å². The third kappa shape index (κ3) is 2.22. The Morgan fingerprint density at radius 2 is 2.45 bits per heavy atom. The van der Waals surface area contributed by atoms with Crippen molar-refractivity contribution in [2.24, 2.45) is 0 Å². The average molecular weight is 149 g/mol. The van der Waals surface area contributed by atoms with Gasteiger partial charge in [0.2, 0.25) is 0 Å². The third-order valence-electron chi connectivity index (χ3n) is 1.56. The molecule has 0 aliphatic carbocycles. The minimum Gasteiger partial charge on any atom is -0.373 e. The Balaban J connectivity index is 2.61. The number of anilines is 1. The summed E-state index contributed by atoms with van der Waals surface area (Å²) in [5.74, 6) is 0. The Morgan fingerprint density at radius 3 is 3.00 bits per heavy atom. The Hall–Kier alpha value is -1.05. The summed E-state index contributed by atoms with van der Waals surface area (Å²) in [6.45, 7) is 3.22. The SMILES string of the molecule is CCCN(C)c1[c]nccc1.